The highest BCUT2D eigenvalue weighted by molar-refractivity contribution is 7.97. The molecular formula is C21H22F6N4OS. The summed E-state index contributed by atoms with van der Waals surface area (Å²) < 4.78 is 80.0. The molecule has 0 unspecified atom stereocenters. The van der Waals surface area contributed by atoms with Gasteiger partial charge in [0.25, 0.3) is 5.60 Å². The van der Waals surface area contributed by atoms with Gasteiger partial charge in [0.1, 0.15) is 5.82 Å². The zero-order chi connectivity index (χ0) is 24.9. The molecule has 1 aromatic carbocycles. The summed E-state index contributed by atoms with van der Waals surface area (Å²) in [5.74, 6) is 2.66. The first kappa shape index (κ1) is 26.6. The molecular weight excluding hydrogens is 470 g/mol. The highest BCUT2D eigenvalue weighted by Gasteiger charge is 2.71. The predicted molar refractivity (Wildman–Crippen MR) is 115 cm³/mol. The number of hydrogen-bond donors (Lipinski definition) is 2. The SMILES string of the molecule is C#CC.Nc1ccc(SN2CCN(c3ccc(C(O)(C(F)(F)F)C(F)(F)F)cc3)CC2)cn1. The number of aliphatic hydroxyl groups is 1. The van der Waals surface area contributed by atoms with Crippen LogP contribution in [0.3, 0.4) is 0 Å². The van der Waals surface area contributed by atoms with Gasteiger partial charge in [0.05, 0.1) is 0 Å². The summed E-state index contributed by atoms with van der Waals surface area (Å²) in [6.07, 6.45) is -5.55. The van der Waals surface area contributed by atoms with Gasteiger partial charge in [-0.05, 0) is 43.1 Å². The van der Waals surface area contributed by atoms with E-state index in [1.54, 1.807) is 19.2 Å². The van der Waals surface area contributed by atoms with E-state index >= 15 is 0 Å². The lowest BCUT2D eigenvalue weighted by Crippen LogP contribution is -2.53. The third-order valence-corrected chi connectivity index (χ3v) is 5.78. The standard InChI is InChI=1S/C18H18F6N4OS.C3H4/c19-17(20,21)16(29,18(22,23)24)12-1-3-13(4-2-12)27-7-9-28(10-8-27)30-14-5-6-15(25)26-11-14;1-3-2/h1-6,11,29H,7-10H2,(H2,25,26);1H,2H3. The van der Waals surface area contributed by atoms with Gasteiger partial charge in [-0.25, -0.2) is 9.29 Å². The number of halogens is 6. The quantitative estimate of drug-likeness (QED) is 0.374. The van der Waals surface area contributed by atoms with Crippen LogP contribution < -0.4 is 10.6 Å². The number of pyridine rings is 1. The maximum Gasteiger partial charge on any atom is 0.430 e. The van der Waals surface area contributed by atoms with Gasteiger partial charge in [0, 0.05) is 48.5 Å². The summed E-state index contributed by atoms with van der Waals surface area (Å²) in [6, 6.07) is 7.16. The van der Waals surface area contributed by atoms with Crippen molar-refractivity contribution in [3.8, 4) is 12.3 Å². The van der Waals surface area contributed by atoms with E-state index in [0.29, 0.717) is 49.8 Å². The van der Waals surface area contributed by atoms with Crippen molar-refractivity contribution < 1.29 is 31.4 Å². The van der Waals surface area contributed by atoms with E-state index in [0.717, 1.165) is 17.0 Å². The first-order valence-corrected chi connectivity index (χ1v) is 10.3. The second-order valence-corrected chi connectivity index (χ2v) is 8.14. The maximum absolute atomic E-state index is 13.0. The highest BCUT2D eigenvalue weighted by Crippen LogP contribution is 2.50. The fourth-order valence-corrected chi connectivity index (χ4v) is 3.91. The highest BCUT2D eigenvalue weighted by atomic mass is 32.2. The Hall–Kier alpha value is -2.62. The number of nitrogen functional groups attached to an aromatic ring is 1. The van der Waals surface area contributed by atoms with Crippen molar-refractivity contribution >= 4 is 23.5 Å². The third kappa shape index (κ3) is 6.25. The number of rotatable bonds is 4. The Morgan fingerprint density at radius 3 is 1.91 bits per heavy atom. The topological polar surface area (TPSA) is 65.6 Å². The molecule has 0 aliphatic carbocycles. The van der Waals surface area contributed by atoms with Crippen molar-refractivity contribution in [2.45, 2.75) is 29.8 Å². The molecule has 3 N–H and O–H groups in total. The van der Waals surface area contributed by atoms with Gasteiger partial charge in [-0.1, -0.05) is 12.1 Å². The Labute approximate surface area is 191 Å². The second kappa shape index (κ2) is 10.5. The minimum absolute atomic E-state index is 0.413. The van der Waals surface area contributed by atoms with Crippen LogP contribution in [0.5, 0.6) is 0 Å². The van der Waals surface area contributed by atoms with Crippen molar-refractivity contribution in [3.05, 3.63) is 48.2 Å². The molecule has 3 rings (SSSR count). The van der Waals surface area contributed by atoms with Gasteiger partial charge in [0.2, 0.25) is 0 Å². The summed E-state index contributed by atoms with van der Waals surface area (Å²) in [6.45, 7) is 3.94. The zero-order valence-corrected chi connectivity index (χ0v) is 18.3. The third-order valence-electron chi connectivity index (χ3n) is 4.70. The largest absolute Gasteiger partial charge is 0.430 e. The molecule has 0 amide bonds. The van der Waals surface area contributed by atoms with Gasteiger partial charge in [-0.15, -0.1) is 12.3 Å². The molecule has 0 spiro atoms. The van der Waals surface area contributed by atoms with Gasteiger partial charge in [0.15, 0.2) is 0 Å². The van der Waals surface area contributed by atoms with Crippen LogP contribution in [-0.2, 0) is 5.60 Å². The average Bonchev–Trinajstić information content (AvgIpc) is 2.74. The van der Waals surface area contributed by atoms with Crippen LogP contribution in [0, 0.1) is 12.3 Å². The number of hydrogen-bond acceptors (Lipinski definition) is 6. The van der Waals surface area contributed by atoms with E-state index < -0.39 is 23.5 Å². The maximum atomic E-state index is 13.0. The van der Waals surface area contributed by atoms with Crippen molar-refractivity contribution in [1.82, 2.24) is 9.29 Å². The summed E-state index contributed by atoms with van der Waals surface area (Å²) in [5.41, 5.74) is -0.161. The van der Waals surface area contributed by atoms with E-state index in [2.05, 4.69) is 21.6 Å². The van der Waals surface area contributed by atoms with E-state index in [1.807, 2.05) is 11.0 Å². The Morgan fingerprint density at radius 2 is 1.48 bits per heavy atom. The van der Waals surface area contributed by atoms with Crippen LogP contribution >= 0.6 is 11.9 Å². The molecule has 0 bridgehead atoms. The molecule has 33 heavy (non-hydrogen) atoms. The van der Waals surface area contributed by atoms with Crippen molar-refractivity contribution in [1.29, 1.82) is 0 Å². The van der Waals surface area contributed by atoms with Crippen LogP contribution in [0.2, 0.25) is 0 Å². The first-order valence-electron chi connectivity index (χ1n) is 9.56. The molecule has 1 saturated heterocycles. The van der Waals surface area contributed by atoms with E-state index in [9.17, 15) is 31.4 Å². The Bertz CT molecular complexity index is 920. The summed E-state index contributed by atoms with van der Waals surface area (Å²) >= 11 is 1.49. The lowest BCUT2D eigenvalue weighted by atomic mass is 9.92. The minimum Gasteiger partial charge on any atom is -0.384 e. The monoisotopic (exact) mass is 492 g/mol. The van der Waals surface area contributed by atoms with Crippen molar-refractivity contribution in [3.63, 3.8) is 0 Å². The predicted octanol–water partition coefficient (Wildman–Crippen LogP) is 4.44. The molecule has 5 nitrogen and oxygen atoms in total. The number of piperazine rings is 1. The molecule has 12 heteroatoms. The molecule has 2 aromatic rings. The Balaban J connectivity index is 0.00000122. The minimum atomic E-state index is -5.90. The molecule has 0 radical (unpaired) electrons. The lowest BCUT2D eigenvalue weighted by molar-refractivity contribution is -0.376. The van der Waals surface area contributed by atoms with Gasteiger partial charge in [-0.3, -0.25) is 0 Å². The smallest absolute Gasteiger partial charge is 0.384 e. The van der Waals surface area contributed by atoms with Crippen LogP contribution in [0.1, 0.15) is 12.5 Å². The molecule has 1 aliphatic heterocycles. The summed E-state index contributed by atoms with van der Waals surface area (Å²) in [4.78, 5) is 6.76. The molecule has 180 valence electrons. The van der Waals surface area contributed by atoms with Crippen LogP contribution in [0.15, 0.2) is 47.5 Å². The number of benzene rings is 1. The van der Waals surface area contributed by atoms with Crippen LogP contribution in [0.25, 0.3) is 0 Å². The molecule has 1 fully saturated rings. The van der Waals surface area contributed by atoms with Gasteiger partial charge in [-0.2, -0.15) is 26.3 Å². The number of nitrogens with two attached hydrogens (primary N) is 1. The van der Waals surface area contributed by atoms with Crippen molar-refractivity contribution in [2.75, 3.05) is 36.8 Å². The van der Waals surface area contributed by atoms with Crippen LogP contribution in [-0.4, -0.2) is 52.9 Å². The van der Waals surface area contributed by atoms with Gasteiger partial charge < -0.3 is 15.7 Å². The molecule has 1 aliphatic rings. The molecule has 1 aromatic heterocycles. The van der Waals surface area contributed by atoms with E-state index in [4.69, 9.17) is 5.73 Å². The summed E-state index contributed by atoms with van der Waals surface area (Å²) in [5, 5.41) is 9.46. The number of anilines is 2. The fourth-order valence-electron chi connectivity index (χ4n) is 3.03. The van der Waals surface area contributed by atoms with Crippen molar-refractivity contribution in [2.24, 2.45) is 0 Å². The Morgan fingerprint density at radius 1 is 0.970 bits per heavy atom. The number of terminal acetylenes is 1. The number of nitrogens with zero attached hydrogens (tertiary/aromatic N) is 3. The lowest BCUT2D eigenvalue weighted by Gasteiger charge is -2.36. The normalized spacial score (nSPS) is 15.4. The number of aromatic nitrogens is 1. The average molecular weight is 492 g/mol. The Kier molecular flexibility index (Phi) is 8.51. The van der Waals surface area contributed by atoms with Gasteiger partial charge >= 0.3 is 12.4 Å². The molecule has 2 heterocycles. The fraction of sp³-hybridized carbons (Fsp3) is 0.381. The first-order chi connectivity index (χ1) is 15.3. The van der Waals surface area contributed by atoms with E-state index in [-0.39, 0.29) is 0 Å². The van der Waals surface area contributed by atoms with Crippen LogP contribution in [0.4, 0.5) is 37.8 Å². The summed E-state index contributed by atoms with van der Waals surface area (Å²) in [7, 11) is 0. The molecule has 0 atom stereocenters. The zero-order valence-electron chi connectivity index (χ0n) is 17.5. The molecule has 0 saturated carbocycles. The number of alkyl halides is 6. The second-order valence-electron chi connectivity index (χ2n) is 6.97. The van der Waals surface area contributed by atoms with E-state index in [1.165, 1.54) is 11.9 Å².